The number of benzene rings is 1. The SMILES string of the molecule is O=C(NCCOC12CC3CC(CC(C3)C1)C2)c1cc(-c2ccccn2)nc2ccccc12. The number of carbonyl (C=O) groups is 1. The number of pyridine rings is 2. The van der Waals surface area contributed by atoms with Crippen LogP contribution in [0.1, 0.15) is 48.9 Å². The van der Waals surface area contributed by atoms with Gasteiger partial charge in [-0.3, -0.25) is 9.78 Å². The molecule has 0 radical (unpaired) electrons. The van der Waals surface area contributed by atoms with Crippen molar-refractivity contribution >= 4 is 16.8 Å². The molecule has 2 heterocycles. The van der Waals surface area contributed by atoms with Gasteiger partial charge in [-0.25, -0.2) is 4.98 Å². The van der Waals surface area contributed by atoms with Gasteiger partial charge < -0.3 is 10.1 Å². The zero-order valence-corrected chi connectivity index (χ0v) is 18.3. The molecule has 4 aliphatic carbocycles. The highest BCUT2D eigenvalue weighted by atomic mass is 16.5. The number of nitrogens with one attached hydrogen (secondary N) is 1. The van der Waals surface area contributed by atoms with Crippen LogP contribution in [-0.4, -0.2) is 34.6 Å². The van der Waals surface area contributed by atoms with E-state index < -0.39 is 0 Å². The van der Waals surface area contributed by atoms with Crippen LogP contribution in [0.3, 0.4) is 0 Å². The fraction of sp³-hybridized carbons (Fsp3) is 0.444. The second kappa shape index (κ2) is 7.96. The average Bonchev–Trinajstić information content (AvgIpc) is 2.81. The third-order valence-electron chi connectivity index (χ3n) is 7.67. The highest BCUT2D eigenvalue weighted by Gasteiger charge is 2.51. The summed E-state index contributed by atoms with van der Waals surface area (Å²) < 4.78 is 6.47. The Hall–Kier alpha value is -2.79. The molecule has 0 aliphatic heterocycles. The molecule has 1 aromatic carbocycles. The summed E-state index contributed by atoms with van der Waals surface area (Å²) in [6.07, 6.45) is 9.63. The van der Waals surface area contributed by atoms with Gasteiger partial charge in [0.05, 0.1) is 34.7 Å². The molecule has 2 aromatic heterocycles. The summed E-state index contributed by atoms with van der Waals surface area (Å²) in [6.45, 7) is 1.10. The van der Waals surface area contributed by atoms with E-state index in [-0.39, 0.29) is 11.5 Å². The number of hydrogen-bond acceptors (Lipinski definition) is 4. The van der Waals surface area contributed by atoms with Crippen LogP contribution >= 0.6 is 0 Å². The maximum Gasteiger partial charge on any atom is 0.252 e. The van der Waals surface area contributed by atoms with Crippen LogP contribution in [0.4, 0.5) is 0 Å². The first-order chi connectivity index (χ1) is 15.7. The first-order valence-corrected chi connectivity index (χ1v) is 11.9. The molecular weight excluding hydrogens is 398 g/mol. The summed E-state index contributed by atoms with van der Waals surface area (Å²) in [5.74, 6) is 2.51. The monoisotopic (exact) mass is 427 g/mol. The molecule has 5 heteroatoms. The fourth-order valence-electron chi connectivity index (χ4n) is 6.74. The minimum absolute atomic E-state index is 0.0784. The van der Waals surface area contributed by atoms with Crippen LogP contribution < -0.4 is 5.32 Å². The van der Waals surface area contributed by atoms with E-state index in [2.05, 4.69) is 10.3 Å². The van der Waals surface area contributed by atoms with E-state index in [1.54, 1.807) is 6.20 Å². The Morgan fingerprint density at radius 2 is 1.69 bits per heavy atom. The Labute approximate surface area is 188 Å². The minimum Gasteiger partial charge on any atom is -0.373 e. The topological polar surface area (TPSA) is 64.1 Å². The van der Waals surface area contributed by atoms with Gasteiger partial charge in [0.15, 0.2) is 0 Å². The molecule has 4 aliphatic rings. The van der Waals surface area contributed by atoms with Gasteiger partial charge >= 0.3 is 0 Å². The van der Waals surface area contributed by atoms with Crippen molar-refractivity contribution in [2.45, 2.75) is 44.1 Å². The lowest BCUT2D eigenvalue weighted by molar-refractivity contribution is -0.160. The van der Waals surface area contributed by atoms with E-state index in [4.69, 9.17) is 9.72 Å². The second-order valence-corrected chi connectivity index (χ2v) is 9.99. The van der Waals surface area contributed by atoms with Gasteiger partial charge in [-0.2, -0.15) is 0 Å². The number of hydrogen-bond donors (Lipinski definition) is 1. The van der Waals surface area contributed by atoms with Gasteiger partial charge in [0.25, 0.3) is 5.91 Å². The minimum atomic E-state index is -0.0881. The van der Waals surface area contributed by atoms with Gasteiger partial charge in [0.2, 0.25) is 0 Å². The molecule has 5 nitrogen and oxygen atoms in total. The quantitative estimate of drug-likeness (QED) is 0.562. The number of para-hydroxylation sites is 1. The third kappa shape index (κ3) is 3.69. The van der Waals surface area contributed by atoms with Crippen LogP contribution in [-0.2, 0) is 4.74 Å². The Kier molecular flexibility index (Phi) is 4.94. The second-order valence-electron chi connectivity index (χ2n) is 9.99. The lowest BCUT2D eigenvalue weighted by atomic mass is 9.54. The molecule has 0 unspecified atom stereocenters. The first-order valence-electron chi connectivity index (χ1n) is 11.9. The van der Waals surface area contributed by atoms with Crippen LogP contribution in [0.15, 0.2) is 54.7 Å². The van der Waals surface area contributed by atoms with Crippen molar-refractivity contribution in [2.24, 2.45) is 17.8 Å². The van der Waals surface area contributed by atoms with Crippen molar-refractivity contribution in [2.75, 3.05) is 13.2 Å². The number of nitrogens with zero attached hydrogens (tertiary/aromatic N) is 2. The van der Waals surface area contributed by atoms with Crippen molar-refractivity contribution in [3.63, 3.8) is 0 Å². The fourth-order valence-corrected chi connectivity index (χ4v) is 6.74. The van der Waals surface area contributed by atoms with Crippen molar-refractivity contribution in [1.29, 1.82) is 0 Å². The first kappa shape index (κ1) is 19.9. The van der Waals surface area contributed by atoms with Crippen LogP contribution in [0, 0.1) is 17.8 Å². The lowest BCUT2D eigenvalue weighted by Crippen LogP contribution is -2.52. The summed E-state index contributed by atoms with van der Waals surface area (Å²) in [5.41, 5.74) is 2.98. The predicted molar refractivity (Wildman–Crippen MR) is 124 cm³/mol. The van der Waals surface area contributed by atoms with Gasteiger partial charge in [-0.1, -0.05) is 24.3 Å². The lowest BCUT2D eigenvalue weighted by Gasteiger charge is -2.56. The summed E-state index contributed by atoms with van der Waals surface area (Å²) in [7, 11) is 0. The summed E-state index contributed by atoms with van der Waals surface area (Å²) in [5, 5.41) is 3.94. The molecule has 7 rings (SSSR count). The molecule has 3 aromatic rings. The molecule has 164 valence electrons. The number of ether oxygens (including phenoxy) is 1. The van der Waals surface area contributed by atoms with E-state index in [1.165, 1.54) is 38.5 Å². The van der Waals surface area contributed by atoms with Crippen molar-refractivity contribution in [3.05, 3.63) is 60.3 Å². The zero-order chi connectivity index (χ0) is 21.5. The Morgan fingerprint density at radius 3 is 2.41 bits per heavy atom. The molecule has 4 bridgehead atoms. The highest BCUT2D eigenvalue weighted by Crippen LogP contribution is 2.57. The molecule has 0 spiro atoms. The maximum atomic E-state index is 13.2. The Balaban J connectivity index is 1.16. The van der Waals surface area contributed by atoms with Crippen molar-refractivity contribution in [1.82, 2.24) is 15.3 Å². The predicted octanol–water partition coefficient (Wildman–Crippen LogP) is 5.01. The normalized spacial score (nSPS) is 28.2. The molecule has 32 heavy (non-hydrogen) atoms. The van der Waals surface area contributed by atoms with E-state index in [1.807, 2.05) is 48.5 Å². The number of rotatable bonds is 6. The molecule has 1 N–H and O–H groups in total. The van der Waals surface area contributed by atoms with Gasteiger partial charge in [-0.15, -0.1) is 0 Å². The van der Waals surface area contributed by atoms with Crippen LogP contribution in [0.25, 0.3) is 22.3 Å². The van der Waals surface area contributed by atoms with Gasteiger partial charge in [0.1, 0.15) is 0 Å². The molecular formula is C27H29N3O2. The number of carbonyl (C=O) groups excluding carboxylic acids is 1. The number of fused-ring (bicyclic) bond motifs is 1. The summed E-state index contributed by atoms with van der Waals surface area (Å²) in [4.78, 5) is 22.3. The smallest absolute Gasteiger partial charge is 0.252 e. The number of aromatic nitrogens is 2. The number of amides is 1. The van der Waals surface area contributed by atoms with Crippen molar-refractivity contribution in [3.8, 4) is 11.4 Å². The van der Waals surface area contributed by atoms with E-state index in [0.717, 1.165) is 34.4 Å². The summed E-state index contributed by atoms with van der Waals surface area (Å²) >= 11 is 0. The van der Waals surface area contributed by atoms with Gasteiger partial charge in [-0.05, 0) is 80.5 Å². The van der Waals surface area contributed by atoms with Crippen LogP contribution in [0.2, 0.25) is 0 Å². The van der Waals surface area contributed by atoms with Crippen molar-refractivity contribution < 1.29 is 9.53 Å². The summed E-state index contributed by atoms with van der Waals surface area (Å²) in [6, 6.07) is 15.3. The maximum absolute atomic E-state index is 13.2. The Bertz CT molecular complexity index is 1110. The average molecular weight is 428 g/mol. The largest absolute Gasteiger partial charge is 0.373 e. The Morgan fingerprint density at radius 1 is 0.969 bits per heavy atom. The third-order valence-corrected chi connectivity index (χ3v) is 7.67. The molecule has 4 fully saturated rings. The zero-order valence-electron chi connectivity index (χ0n) is 18.3. The molecule has 4 saturated carbocycles. The molecule has 0 atom stereocenters. The molecule has 0 saturated heterocycles. The van der Waals surface area contributed by atoms with E-state index in [0.29, 0.717) is 24.4 Å². The van der Waals surface area contributed by atoms with E-state index in [9.17, 15) is 4.79 Å². The van der Waals surface area contributed by atoms with Crippen LogP contribution in [0.5, 0.6) is 0 Å². The standard InChI is InChI=1S/C27H29N3O2/c31-26(29-9-10-32-27-15-18-11-19(16-27)13-20(12-18)17-27)22-14-25(24-7-3-4-8-28-24)30-23-6-2-1-5-21(22)23/h1-8,14,18-20H,9-13,15-17H2,(H,29,31). The van der Waals surface area contributed by atoms with E-state index >= 15 is 0 Å². The van der Waals surface area contributed by atoms with Gasteiger partial charge in [0, 0.05) is 18.1 Å². The molecule has 1 amide bonds. The highest BCUT2D eigenvalue weighted by molar-refractivity contribution is 6.07.